The Kier molecular flexibility index (Phi) is 4.10. The third-order valence-electron chi connectivity index (χ3n) is 5.28. The lowest BCUT2D eigenvalue weighted by Crippen LogP contribution is -2.23. The van der Waals surface area contributed by atoms with E-state index in [1.165, 1.54) is 27.5 Å². The van der Waals surface area contributed by atoms with Crippen LogP contribution in [-0.2, 0) is 18.4 Å². The van der Waals surface area contributed by atoms with Gasteiger partial charge in [-0.05, 0) is 34.9 Å². The standard InChI is InChI=1S/C23H28N4/c1-22(2,3)17-10-11-18-19(12-17)25-26-20(18)13-23(4,5)15-27-21-9-7-6-8-16(21)14-24-27/h6-12,14H,13,15H2,1-5H3,(H,25,26). The van der Waals surface area contributed by atoms with Gasteiger partial charge in [-0.15, -0.1) is 0 Å². The minimum absolute atomic E-state index is 0.0525. The molecule has 2 heterocycles. The fraction of sp³-hybridized carbons (Fsp3) is 0.391. The number of hydrogen-bond donors (Lipinski definition) is 1. The summed E-state index contributed by atoms with van der Waals surface area (Å²) in [5.41, 5.74) is 4.94. The van der Waals surface area contributed by atoms with Gasteiger partial charge in [-0.2, -0.15) is 10.2 Å². The normalized spacial score (nSPS) is 12.9. The Morgan fingerprint density at radius 1 is 1.00 bits per heavy atom. The lowest BCUT2D eigenvalue weighted by Gasteiger charge is -2.24. The number of H-pyrrole nitrogens is 1. The molecule has 4 nitrogen and oxygen atoms in total. The molecule has 0 saturated carbocycles. The monoisotopic (exact) mass is 360 g/mol. The van der Waals surface area contributed by atoms with E-state index in [0.717, 1.165) is 18.5 Å². The van der Waals surface area contributed by atoms with Crippen LogP contribution in [0.15, 0.2) is 48.7 Å². The first-order chi connectivity index (χ1) is 12.7. The van der Waals surface area contributed by atoms with Crippen molar-refractivity contribution in [1.82, 2.24) is 20.0 Å². The average molecular weight is 361 g/mol. The molecular formula is C23H28N4. The Morgan fingerprint density at radius 2 is 1.78 bits per heavy atom. The highest BCUT2D eigenvalue weighted by Crippen LogP contribution is 2.31. The summed E-state index contributed by atoms with van der Waals surface area (Å²) in [7, 11) is 0. The molecule has 27 heavy (non-hydrogen) atoms. The van der Waals surface area contributed by atoms with Crippen LogP contribution in [0, 0.1) is 5.41 Å². The van der Waals surface area contributed by atoms with Gasteiger partial charge in [-0.3, -0.25) is 9.78 Å². The molecule has 0 aliphatic carbocycles. The summed E-state index contributed by atoms with van der Waals surface area (Å²) in [6.45, 7) is 12.2. The molecule has 0 atom stereocenters. The first-order valence-electron chi connectivity index (χ1n) is 9.61. The van der Waals surface area contributed by atoms with Crippen molar-refractivity contribution in [1.29, 1.82) is 0 Å². The largest absolute Gasteiger partial charge is 0.281 e. The molecule has 0 bridgehead atoms. The zero-order valence-corrected chi connectivity index (χ0v) is 16.9. The third-order valence-corrected chi connectivity index (χ3v) is 5.28. The Bertz CT molecular complexity index is 1090. The Balaban J connectivity index is 1.60. The minimum atomic E-state index is 0.0525. The number of nitrogens with one attached hydrogen (secondary N) is 1. The van der Waals surface area contributed by atoms with Crippen LogP contribution < -0.4 is 0 Å². The van der Waals surface area contributed by atoms with E-state index in [-0.39, 0.29) is 10.8 Å². The second kappa shape index (κ2) is 6.22. The zero-order valence-electron chi connectivity index (χ0n) is 16.9. The number of fused-ring (bicyclic) bond motifs is 2. The van der Waals surface area contributed by atoms with Crippen molar-refractivity contribution < 1.29 is 0 Å². The quantitative estimate of drug-likeness (QED) is 0.524. The lowest BCUT2D eigenvalue weighted by molar-refractivity contribution is 0.292. The average Bonchev–Trinajstić information content (AvgIpc) is 3.18. The van der Waals surface area contributed by atoms with Crippen molar-refractivity contribution in [2.75, 3.05) is 0 Å². The van der Waals surface area contributed by atoms with Crippen LogP contribution in [0.1, 0.15) is 45.9 Å². The Labute approximate surface area is 160 Å². The van der Waals surface area contributed by atoms with Crippen LogP contribution in [0.3, 0.4) is 0 Å². The van der Waals surface area contributed by atoms with Crippen molar-refractivity contribution in [2.24, 2.45) is 5.41 Å². The number of aromatic amines is 1. The molecule has 0 aliphatic heterocycles. The second-order valence-electron chi connectivity index (χ2n) is 9.39. The summed E-state index contributed by atoms with van der Waals surface area (Å²) < 4.78 is 2.12. The summed E-state index contributed by atoms with van der Waals surface area (Å²) >= 11 is 0. The van der Waals surface area contributed by atoms with Crippen molar-refractivity contribution in [3.05, 3.63) is 59.9 Å². The maximum atomic E-state index is 4.60. The van der Waals surface area contributed by atoms with Gasteiger partial charge < -0.3 is 0 Å². The van der Waals surface area contributed by atoms with Gasteiger partial charge in [0, 0.05) is 23.0 Å². The maximum Gasteiger partial charge on any atom is 0.0926 e. The fourth-order valence-corrected chi connectivity index (χ4v) is 3.76. The zero-order chi connectivity index (χ0) is 19.2. The van der Waals surface area contributed by atoms with E-state index < -0.39 is 0 Å². The van der Waals surface area contributed by atoms with Gasteiger partial charge in [0.25, 0.3) is 0 Å². The molecule has 4 aromatic rings. The highest BCUT2D eigenvalue weighted by Gasteiger charge is 2.24. The summed E-state index contributed by atoms with van der Waals surface area (Å²) in [6.07, 6.45) is 2.87. The van der Waals surface area contributed by atoms with Crippen LogP contribution in [-0.4, -0.2) is 20.0 Å². The number of benzene rings is 2. The van der Waals surface area contributed by atoms with Gasteiger partial charge in [0.2, 0.25) is 0 Å². The van der Waals surface area contributed by atoms with Crippen LogP contribution in [0.4, 0.5) is 0 Å². The molecule has 1 N–H and O–H groups in total. The molecule has 0 aliphatic rings. The Hall–Kier alpha value is -2.62. The van der Waals surface area contributed by atoms with E-state index >= 15 is 0 Å². The topological polar surface area (TPSA) is 46.5 Å². The summed E-state index contributed by atoms with van der Waals surface area (Å²) in [5.74, 6) is 0. The number of rotatable bonds is 4. The third kappa shape index (κ3) is 3.48. The van der Waals surface area contributed by atoms with Crippen LogP contribution in [0.25, 0.3) is 21.8 Å². The van der Waals surface area contributed by atoms with Crippen molar-refractivity contribution in [2.45, 2.75) is 53.0 Å². The van der Waals surface area contributed by atoms with Gasteiger partial charge in [0.15, 0.2) is 0 Å². The molecule has 4 heteroatoms. The maximum absolute atomic E-state index is 4.60. The molecule has 4 rings (SSSR count). The molecule has 140 valence electrons. The van der Waals surface area contributed by atoms with Crippen LogP contribution in [0.2, 0.25) is 0 Å². The smallest absolute Gasteiger partial charge is 0.0926 e. The number of aromatic nitrogens is 4. The first kappa shape index (κ1) is 17.8. The number of hydrogen-bond acceptors (Lipinski definition) is 2. The van der Waals surface area contributed by atoms with E-state index in [1.54, 1.807) is 0 Å². The molecule has 0 fully saturated rings. The molecule has 0 saturated heterocycles. The second-order valence-corrected chi connectivity index (χ2v) is 9.39. The number of nitrogens with zero attached hydrogens (tertiary/aromatic N) is 3. The van der Waals surface area contributed by atoms with Gasteiger partial charge in [0.05, 0.1) is 17.2 Å². The fourth-order valence-electron chi connectivity index (χ4n) is 3.76. The highest BCUT2D eigenvalue weighted by atomic mass is 15.3. The van der Waals surface area contributed by atoms with Gasteiger partial charge >= 0.3 is 0 Å². The predicted molar refractivity (Wildman–Crippen MR) is 112 cm³/mol. The predicted octanol–water partition coefficient (Wildman–Crippen LogP) is 5.48. The molecular weight excluding hydrogens is 332 g/mol. The van der Waals surface area contributed by atoms with Gasteiger partial charge in [0.1, 0.15) is 0 Å². The van der Waals surface area contributed by atoms with Gasteiger partial charge in [-0.25, -0.2) is 0 Å². The van der Waals surface area contributed by atoms with E-state index in [2.05, 4.69) is 97.1 Å². The van der Waals surface area contributed by atoms with Gasteiger partial charge in [-0.1, -0.05) is 65.0 Å². The first-order valence-corrected chi connectivity index (χ1v) is 9.61. The van der Waals surface area contributed by atoms with Crippen LogP contribution in [0.5, 0.6) is 0 Å². The number of para-hydroxylation sites is 1. The summed E-state index contributed by atoms with van der Waals surface area (Å²) in [5, 5.41) is 14.9. The van der Waals surface area contributed by atoms with Crippen molar-refractivity contribution >= 4 is 21.8 Å². The van der Waals surface area contributed by atoms with E-state index in [1.807, 2.05) is 6.20 Å². The van der Waals surface area contributed by atoms with Crippen molar-refractivity contribution in [3.63, 3.8) is 0 Å². The van der Waals surface area contributed by atoms with Crippen LogP contribution >= 0.6 is 0 Å². The molecule has 0 radical (unpaired) electrons. The van der Waals surface area contributed by atoms with E-state index in [9.17, 15) is 0 Å². The highest BCUT2D eigenvalue weighted by molar-refractivity contribution is 5.82. The lowest BCUT2D eigenvalue weighted by atomic mass is 9.85. The molecule has 2 aromatic carbocycles. The molecule has 0 spiro atoms. The molecule has 0 unspecified atom stereocenters. The van der Waals surface area contributed by atoms with Crippen molar-refractivity contribution in [3.8, 4) is 0 Å². The van der Waals surface area contributed by atoms with E-state index in [4.69, 9.17) is 0 Å². The van der Waals surface area contributed by atoms with E-state index in [0.29, 0.717) is 0 Å². The Morgan fingerprint density at radius 3 is 2.56 bits per heavy atom. The molecule has 2 aromatic heterocycles. The SMILES string of the molecule is CC(C)(Cc1[nH]nc2cc(C(C)(C)C)ccc12)Cn1ncc2ccccc21. The summed E-state index contributed by atoms with van der Waals surface area (Å²) in [6, 6.07) is 15.0. The summed E-state index contributed by atoms with van der Waals surface area (Å²) in [4.78, 5) is 0. The minimum Gasteiger partial charge on any atom is -0.281 e. The molecule has 0 amide bonds.